The maximum atomic E-state index is 11.0. The average molecular weight is 224 g/mol. The zero-order chi connectivity index (χ0) is 10.8. The SMILES string of the molecule is COc1ccc(-n2[nH]oc(=O)c2=S)cc1. The summed E-state index contributed by atoms with van der Waals surface area (Å²) in [5.41, 5.74) is 0.160. The number of hydrogen-bond acceptors (Lipinski definition) is 4. The van der Waals surface area contributed by atoms with Gasteiger partial charge in [0.25, 0.3) is 0 Å². The van der Waals surface area contributed by atoms with Crippen molar-refractivity contribution in [3.8, 4) is 11.4 Å². The Morgan fingerprint density at radius 1 is 1.40 bits per heavy atom. The van der Waals surface area contributed by atoms with Gasteiger partial charge in [0.2, 0.25) is 4.64 Å². The molecule has 2 aromatic rings. The van der Waals surface area contributed by atoms with Gasteiger partial charge in [-0.25, -0.2) is 9.48 Å². The van der Waals surface area contributed by atoms with Gasteiger partial charge >= 0.3 is 5.63 Å². The lowest BCUT2D eigenvalue weighted by Crippen LogP contribution is -1.99. The number of aromatic amines is 1. The number of ether oxygens (including phenoxy) is 1. The van der Waals surface area contributed by atoms with E-state index in [1.54, 1.807) is 31.4 Å². The first kappa shape index (κ1) is 9.72. The number of aromatic nitrogens is 2. The molecule has 6 heteroatoms. The van der Waals surface area contributed by atoms with E-state index >= 15 is 0 Å². The molecule has 0 radical (unpaired) electrons. The third kappa shape index (κ3) is 1.71. The van der Waals surface area contributed by atoms with Gasteiger partial charge in [-0.2, -0.15) is 5.27 Å². The summed E-state index contributed by atoms with van der Waals surface area (Å²) in [6.45, 7) is 0. The highest BCUT2D eigenvalue weighted by Crippen LogP contribution is 2.13. The third-order valence-corrected chi connectivity index (χ3v) is 2.29. The van der Waals surface area contributed by atoms with Crippen LogP contribution in [0.25, 0.3) is 5.69 Å². The summed E-state index contributed by atoms with van der Waals surface area (Å²) < 4.78 is 11.0. The summed E-state index contributed by atoms with van der Waals surface area (Å²) in [7, 11) is 1.58. The Morgan fingerprint density at radius 3 is 2.53 bits per heavy atom. The number of hydrogen-bond donors (Lipinski definition) is 1. The average Bonchev–Trinajstić information content (AvgIpc) is 2.60. The molecule has 0 bridgehead atoms. The third-order valence-electron chi connectivity index (χ3n) is 1.94. The molecule has 0 aliphatic heterocycles. The van der Waals surface area contributed by atoms with Crippen LogP contribution in [0.1, 0.15) is 0 Å². The van der Waals surface area contributed by atoms with Gasteiger partial charge in [0.15, 0.2) is 0 Å². The van der Waals surface area contributed by atoms with Crippen LogP contribution in [0.2, 0.25) is 0 Å². The molecule has 0 saturated carbocycles. The fraction of sp³-hybridized carbons (Fsp3) is 0.111. The highest BCUT2D eigenvalue weighted by atomic mass is 32.1. The molecule has 0 saturated heterocycles. The van der Waals surface area contributed by atoms with Crippen LogP contribution in [-0.4, -0.2) is 17.1 Å². The predicted octanol–water partition coefficient (Wildman–Crippen LogP) is 1.50. The van der Waals surface area contributed by atoms with E-state index in [0.29, 0.717) is 5.69 Å². The highest BCUT2D eigenvalue weighted by molar-refractivity contribution is 7.71. The lowest BCUT2D eigenvalue weighted by molar-refractivity contribution is 0.352. The molecule has 1 N–H and O–H groups in total. The van der Waals surface area contributed by atoms with Crippen molar-refractivity contribution in [3.05, 3.63) is 39.3 Å². The monoisotopic (exact) mass is 224 g/mol. The van der Waals surface area contributed by atoms with Crippen molar-refractivity contribution >= 4 is 12.2 Å². The second-order valence-corrected chi connectivity index (χ2v) is 3.21. The fourth-order valence-electron chi connectivity index (χ4n) is 1.16. The van der Waals surface area contributed by atoms with Crippen molar-refractivity contribution in [2.75, 3.05) is 7.11 Å². The van der Waals surface area contributed by atoms with Gasteiger partial charge in [-0.3, -0.25) is 0 Å². The van der Waals surface area contributed by atoms with Crippen molar-refractivity contribution in [2.24, 2.45) is 0 Å². The molecule has 2 rings (SSSR count). The predicted molar refractivity (Wildman–Crippen MR) is 56.0 cm³/mol. The Morgan fingerprint density at radius 2 is 2.07 bits per heavy atom. The van der Waals surface area contributed by atoms with Crippen LogP contribution < -0.4 is 10.4 Å². The summed E-state index contributed by atoms with van der Waals surface area (Å²) in [6, 6.07) is 7.06. The Labute approximate surface area is 89.9 Å². The molecule has 78 valence electrons. The summed E-state index contributed by atoms with van der Waals surface area (Å²) in [4.78, 5) is 11.0. The minimum atomic E-state index is -0.555. The van der Waals surface area contributed by atoms with Gasteiger partial charge in [0.1, 0.15) is 5.75 Å². The van der Waals surface area contributed by atoms with Crippen molar-refractivity contribution in [2.45, 2.75) is 0 Å². The van der Waals surface area contributed by atoms with E-state index in [1.165, 1.54) is 4.68 Å². The number of methoxy groups -OCH3 is 1. The second kappa shape index (κ2) is 3.74. The van der Waals surface area contributed by atoms with Crippen LogP contribution in [0, 0.1) is 4.64 Å². The first-order valence-corrected chi connectivity index (χ1v) is 4.58. The smallest absolute Gasteiger partial charge is 0.394 e. The van der Waals surface area contributed by atoms with E-state index in [1.807, 2.05) is 0 Å². The highest BCUT2D eigenvalue weighted by Gasteiger charge is 2.03. The van der Waals surface area contributed by atoms with Crippen LogP contribution in [-0.2, 0) is 0 Å². The first-order valence-electron chi connectivity index (χ1n) is 4.17. The molecular formula is C9H8N2O3S. The molecule has 0 aliphatic carbocycles. The molecule has 1 heterocycles. The molecule has 0 unspecified atom stereocenters. The number of nitrogens with one attached hydrogen (secondary N) is 1. The van der Waals surface area contributed by atoms with Crippen LogP contribution >= 0.6 is 12.2 Å². The number of benzene rings is 1. The lowest BCUT2D eigenvalue weighted by atomic mass is 10.3. The summed E-state index contributed by atoms with van der Waals surface area (Å²) in [5, 5.41) is 2.41. The van der Waals surface area contributed by atoms with E-state index in [0.717, 1.165) is 5.75 Å². The van der Waals surface area contributed by atoms with Crippen molar-refractivity contribution in [3.63, 3.8) is 0 Å². The Hall–Kier alpha value is -1.82. The van der Waals surface area contributed by atoms with Crippen LogP contribution in [0.3, 0.4) is 0 Å². The molecule has 0 spiro atoms. The van der Waals surface area contributed by atoms with Crippen molar-refractivity contribution in [1.29, 1.82) is 0 Å². The molecule has 1 aromatic carbocycles. The van der Waals surface area contributed by atoms with E-state index in [9.17, 15) is 4.79 Å². The van der Waals surface area contributed by atoms with Crippen molar-refractivity contribution in [1.82, 2.24) is 9.95 Å². The molecule has 1 aromatic heterocycles. The standard InChI is InChI=1S/C9H8N2O3S/c1-13-7-4-2-6(3-5-7)11-8(15)9(12)14-10-11/h2-5,10H,1H3. The van der Waals surface area contributed by atoms with Gasteiger partial charge in [0, 0.05) is 0 Å². The molecule has 0 atom stereocenters. The minimum Gasteiger partial charge on any atom is -0.497 e. The van der Waals surface area contributed by atoms with Gasteiger partial charge < -0.3 is 9.26 Å². The Balaban J connectivity index is 2.50. The maximum absolute atomic E-state index is 11.0. The summed E-state index contributed by atoms with van der Waals surface area (Å²) >= 11 is 4.86. The van der Waals surface area contributed by atoms with E-state index in [4.69, 9.17) is 17.0 Å². The number of rotatable bonds is 2. The Bertz CT molecular complexity index is 564. The molecule has 0 fully saturated rings. The fourth-order valence-corrected chi connectivity index (χ4v) is 1.35. The maximum Gasteiger partial charge on any atom is 0.394 e. The minimum absolute atomic E-state index is 0.0835. The van der Waals surface area contributed by atoms with Gasteiger partial charge in [0.05, 0.1) is 12.8 Å². The molecule has 15 heavy (non-hydrogen) atoms. The summed E-state index contributed by atoms with van der Waals surface area (Å²) in [6.07, 6.45) is 0. The van der Waals surface area contributed by atoms with Gasteiger partial charge in [-0.1, -0.05) is 12.2 Å². The lowest BCUT2D eigenvalue weighted by Gasteiger charge is -2.02. The normalized spacial score (nSPS) is 10.2. The molecule has 5 nitrogen and oxygen atoms in total. The zero-order valence-electron chi connectivity index (χ0n) is 7.89. The van der Waals surface area contributed by atoms with E-state index < -0.39 is 5.63 Å². The molecule has 0 amide bonds. The van der Waals surface area contributed by atoms with E-state index in [-0.39, 0.29) is 4.64 Å². The first-order chi connectivity index (χ1) is 7.22. The topological polar surface area (TPSA) is 60.2 Å². The van der Waals surface area contributed by atoms with Gasteiger partial charge in [-0.15, -0.1) is 0 Å². The summed E-state index contributed by atoms with van der Waals surface area (Å²) in [5.74, 6) is 0.733. The van der Waals surface area contributed by atoms with Crippen LogP contribution in [0.4, 0.5) is 0 Å². The van der Waals surface area contributed by atoms with Crippen molar-refractivity contribution < 1.29 is 9.26 Å². The second-order valence-electron chi connectivity index (χ2n) is 2.82. The number of nitrogens with zero attached hydrogens (tertiary/aromatic N) is 1. The van der Waals surface area contributed by atoms with Crippen LogP contribution in [0.15, 0.2) is 33.6 Å². The van der Waals surface area contributed by atoms with Crippen LogP contribution in [0.5, 0.6) is 5.75 Å². The van der Waals surface area contributed by atoms with E-state index in [2.05, 4.69) is 9.79 Å². The zero-order valence-corrected chi connectivity index (χ0v) is 8.71. The Kier molecular flexibility index (Phi) is 2.42. The largest absolute Gasteiger partial charge is 0.497 e. The quantitative estimate of drug-likeness (QED) is 0.785. The number of H-pyrrole nitrogens is 1. The molecule has 0 aliphatic rings. The molecular weight excluding hydrogens is 216 g/mol. The van der Waals surface area contributed by atoms with Gasteiger partial charge in [-0.05, 0) is 24.3 Å².